The van der Waals surface area contributed by atoms with Gasteiger partial charge in [-0.05, 0) is 46.1 Å². The Morgan fingerprint density at radius 1 is 1.44 bits per heavy atom. The SMILES string of the molecule is CC(CN)c1cc(C(F)(F)F)cc(Br)c1O. The third kappa shape index (κ3) is 2.68. The highest BCUT2D eigenvalue weighted by Crippen LogP contribution is 2.39. The number of hydrogen-bond donors (Lipinski definition) is 2. The lowest BCUT2D eigenvalue weighted by atomic mass is 9.98. The molecule has 0 amide bonds. The summed E-state index contributed by atoms with van der Waals surface area (Å²) in [5.74, 6) is -0.524. The molecule has 3 N–H and O–H groups in total. The molecule has 1 atom stereocenters. The largest absolute Gasteiger partial charge is 0.506 e. The maximum absolute atomic E-state index is 12.5. The summed E-state index contributed by atoms with van der Waals surface area (Å²) in [5.41, 5.74) is 4.77. The van der Waals surface area contributed by atoms with Crippen molar-refractivity contribution in [3.63, 3.8) is 0 Å². The summed E-state index contributed by atoms with van der Waals surface area (Å²) in [5, 5.41) is 9.62. The molecule has 90 valence electrons. The molecule has 0 spiro atoms. The molecule has 1 unspecified atom stereocenters. The van der Waals surface area contributed by atoms with Crippen LogP contribution in [0.2, 0.25) is 0 Å². The van der Waals surface area contributed by atoms with E-state index in [1.54, 1.807) is 6.92 Å². The first-order chi connectivity index (χ1) is 7.27. The van der Waals surface area contributed by atoms with Gasteiger partial charge in [-0.15, -0.1) is 0 Å². The fourth-order valence-corrected chi connectivity index (χ4v) is 1.76. The zero-order valence-electron chi connectivity index (χ0n) is 8.48. The number of rotatable bonds is 2. The Bertz CT molecular complexity index is 392. The van der Waals surface area contributed by atoms with Crippen LogP contribution >= 0.6 is 15.9 Å². The minimum atomic E-state index is -4.43. The lowest BCUT2D eigenvalue weighted by Gasteiger charge is -2.15. The van der Waals surface area contributed by atoms with Crippen molar-refractivity contribution in [2.75, 3.05) is 6.54 Å². The van der Waals surface area contributed by atoms with Crippen LogP contribution in [0, 0.1) is 0 Å². The zero-order valence-corrected chi connectivity index (χ0v) is 10.1. The predicted octanol–water partition coefficient (Wildman–Crippen LogP) is 3.24. The summed E-state index contributed by atoms with van der Waals surface area (Å²) in [6.45, 7) is 1.82. The maximum Gasteiger partial charge on any atom is 0.416 e. The molecule has 1 aromatic carbocycles. The van der Waals surface area contributed by atoms with Gasteiger partial charge in [-0.3, -0.25) is 0 Å². The van der Waals surface area contributed by atoms with Crippen molar-refractivity contribution in [1.29, 1.82) is 0 Å². The molecule has 0 heterocycles. The molecule has 0 radical (unpaired) electrons. The number of hydrogen-bond acceptors (Lipinski definition) is 2. The number of aromatic hydroxyl groups is 1. The molecule has 1 aromatic rings. The molecule has 0 aliphatic heterocycles. The normalized spacial score (nSPS) is 13.9. The van der Waals surface area contributed by atoms with E-state index in [1.165, 1.54) is 0 Å². The monoisotopic (exact) mass is 297 g/mol. The van der Waals surface area contributed by atoms with Crippen LogP contribution in [0.1, 0.15) is 24.0 Å². The lowest BCUT2D eigenvalue weighted by molar-refractivity contribution is -0.137. The number of benzene rings is 1. The Balaban J connectivity index is 3.33. The van der Waals surface area contributed by atoms with Crippen molar-refractivity contribution in [3.05, 3.63) is 27.7 Å². The molecule has 6 heteroatoms. The first-order valence-corrected chi connectivity index (χ1v) is 5.36. The highest BCUT2D eigenvalue weighted by atomic mass is 79.9. The van der Waals surface area contributed by atoms with Gasteiger partial charge in [0.25, 0.3) is 0 Å². The molecule has 0 fully saturated rings. The topological polar surface area (TPSA) is 46.2 Å². The molecular weight excluding hydrogens is 287 g/mol. The molecule has 0 saturated heterocycles. The molecule has 0 bridgehead atoms. The van der Waals surface area contributed by atoms with Gasteiger partial charge in [0, 0.05) is 0 Å². The Labute approximate surface area is 99.4 Å². The highest BCUT2D eigenvalue weighted by molar-refractivity contribution is 9.10. The van der Waals surface area contributed by atoms with Gasteiger partial charge < -0.3 is 10.8 Å². The summed E-state index contributed by atoms with van der Waals surface area (Å²) in [6, 6.07) is 1.78. The Morgan fingerprint density at radius 2 is 2.00 bits per heavy atom. The van der Waals surface area contributed by atoms with E-state index in [1.807, 2.05) is 0 Å². The Kier molecular flexibility index (Phi) is 3.85. The molecule has 2 nitrogen and oxygen atoms in total. The third-order valence-corrected chi connectivity index (χ3v) is 2.91. The summed E-state index contributed by atoms with van der Waals surface area (Å²) in [7, 11) is 0. The standard InChI is InChI=1S/C10H11BrF3NO/c1-5(4-15)7-2-6(10(12,13)14)3-8(11)9(7)16/h2-3,5,16H,4,15H2,1H3. The molecule has 1 rings (SSSR count). The molecule has 16 heavy (non-hydrogen) atoms. The quantitative estimate of drug-likeness (QED) is 0.880. The van der Waals surface area contributed by atoms with Crippen LogP contribution in [0.5, 0.6) is 5.75 Å². The second-order valence-electron chi connectivity index (χ2n) is 3.53. The highest BCUT2D eigenvalue weighted by Gasteiger charge is 2.32. The molecule has 0 aliphatic rings. The second kappa shape index (κ2) is 4.63. The maximum atomic E-state index is 12.5. The van der Waals surface area contributed by atoms with Gasteiger partial charge in [0.05, 0.1) is 10.0 Å². The van der Waals surface area contributed by atoms with Crippen LogP contribution in [0.25, 0.3) is 0 Å². The smallest absolute Gasteiger partial charge is 0.416 e. The molecule has 0 saturated carbocycles. The van der Waals surface area contributed by atoms with Crippen molar-refractivity contribution < 1.29 is 18.3 Å². The van der Waals surface area contributed by atoms with Gasteiger partial charge in [-0.25, -0.2) is 0 Å². The van der Waals surface area contributed by atoms with Gasteiger partial charge in [-0.1, -0.05) is 6.92 Å². The summed E-state index contributed by atoms with van der Waals surface area (Å²) >= 11 is 2.90. The number of halogens is 4. The average Bonchev–Trinajstić information content (AvgIpc) is 2.19. The Morgan fingerprint density at radius 3 is 2.44 bits per heavy atom. The van der Waals surface area contributed by atoms with E-state index in [0.717, 1.165) is 12.1 Å². The molecule has 0 aromatic heterocycles. The number of nitrogens with two attached hydrogens (primary N) is 1. The summed E-state index contributed by atoms with van der Waals surface area (Å²) in [6.07, 6.45) is -4.43. The van der Waals surface area contributed by atoms with Gasteiger partial charge in [0.15, 0.2) is 0 Å². The van der Waals surface area contributed by atoms with Crippen LogP contribution in [-0.4, -0.2) is 11.7 Å². The fourth-order valence-electron chi connectivity index (χ4n) is 1.29. The summed E-state index contributed by atoms with van der Waals surface area (Å²) in [4.78, 5) is 0. The minimum absolute atomic E-state index is 0.0256. The van der Waals surface area contributed by atoms with E-state index < -0.39 is 11.7 Å². The van der Waals surface area contributed by atoms with E-state index in [0.29, 0.717) is 0 Å². The number of alkyl halides is 3. The fraction of sp³-hybridized carbons (Fsp3) is 0.400. The predicted molar refractivity (Wildman–Crippen MR) is 58.3 cm³/mol. The molecule has 0 aliphatic carbocycles. The van der Waals surface area contributed by atoms with Crippen molar-refractivity contribution >= 4 is 15.9 Å². The molecular formula is C10H11BrF3NO. The van der Waals surface area contributed by atoms with Crippen LogP contribution in [0.15, 0.2) is 16.6 Å². The van der Waals surface area contributed by atoms with E-state index in [2.05, 4.69) is 15.9 Å². The Hall–Kier alpha value is -0.750. The number of phenols is 1. The van der Waals surface area contributed by atoms with Crippen LogP contribution in [0.4, 0.5) is 13.2 Å². The van der Waals surface area contributed by atoms with Crippen LogP contribution < -0.4 is 5.73 Å². The van der Waals surface area contributed by atoms with E-state index in [-0.39, 0.29) is 28.2 Å². The van der Waals surface area contributed by atoms with Gasteiger partial charge in [-0.2, -0.15) is 13.2 Å². The van der Waals surface area contributed by atoms with Gasteiger partial charge in [0.2, 0.25) is 0 Å². The van der Waals surface area contributed by atoms with Crippen molar-refractivity contribution in [1.82, 2.24) is 0 Å². The third-order valence-electron chi connectivity index (χ3n) is 2.30. The second-order valence-corrected chi connectivity index (χ2v) is 4.38. The number of phenolic OH excluding ortho intramolecular Hbond substituents is 1. The van der Waals surface area contributed by atoms with Gasteiger partial charge >= 0.3 is 6.18 Å². The van der Waals surface area contributed by atoms with Crippen molar-refractivity contribution in [2.24, 2.45) is 5.73 Å². The first kappa shape index (κ1) is 13.3. The average molecular weight is 298 g/mol. The van der Waals surface area contributed by atoms with Crippen molar-refractivity contribution in [2.45, 2.75) is 19.0 Å². The van der Waals surface area contributed by atoms with Crippen molar-refractivity contribution in [3.8, 4) is 5.75 Å². The summed E-state index contributed by atoms with van der Waals surface area (Å²) < 4.78 is 37.6. The first-order valence-electron chi connectivity index (χ1n) is 4.57. The lowest BCUT2D eigenvalue weighted by Crippen LogP contribution is -2.12. The van der Waals surface area contributed by atoms with Crippen LogP contribution in [-0.2, 0) is 6.18 Å². The van der Waals surface area contributed by atoms with Crippen LogP contribution in [0.3, 0.4) is 0 Å². The van der Waals surface area contributed by atoms with E-state index in [9.17, 15) is 18.3 Å². The zero-order chi connectivity index (χ0) is 12.5. The van der Waals surface area contributed by atoms with E-state index in [4.69, 9.17) is 5.73 Å². The van der Waals surface area contributed by atoms with E-state index >= 15 is 0 Å². The van der Waals surface area contributed by atoms with Gasteiger partial charge in [0.1, 0.15) is 5.75 Å². The minimum Gasteiger partial charge on any atom is -0.506 e.